The van der Waals surface area contributed by atoms with Crippen molar-refractivity contribution in [3.05, 3.63) is 0 Å². The smallest absolute Gasteiger partial charge is 0.478 e. The van der Waals surface area contributed by atoms with E-state index in [1.165, 1.54) is 0 Å². The van der Waals surface area contributed by atoms with Crippen molar-refractivity contribution in [3.63, 3.8) is 0 Å². The Morgan fingerprint density at radius 3 is 2.53 bits per heavy atom. The third kappa shape index (κ3) is 5.39. The van der Waals surface area contributed by atoms with Crippen molar-refractivity contribution in [3.8, 4) is 0 Å². The molecule has 0 saturated carbocycles. The van der Waals surface area contributed by atoms with Crippen molar-refractivity contribution in [2.45, 2.75) is 38.2 Å². The zero-order valence-corrected chi connectivity index (χ0v) is 8.63. The van der Waals surface area contributed by atoms with Crippen LogP contribution in [0.5, 0.6) is 0 Å². The van der Waals surface area contributed by atoms with Crippen LogP contribution >= 0.6 is 0 Å². The Balaban J connectivity index is 0.000000583. The maximum atomic E-state index is 10.1. The Labute approximate surface area is 88.8 Å². The topological polar surface area (TPSA) is 95.9 Å². The fourth-order valence-electron chi connectivity index (χ4n) is 1.42. The van der Waals surface area contributed by atoms with E-state index in [-0.39, 0.29) is 18.5 Å². The Bertz CT molecular complexity index is 192. The Hall–Kier alpha value is -1.08. The Morgan fingerprint density at radius 1 is 1.53 bits per heavy atom. The average Bonchev–Trinajstić information content (AvgIpc) is 2.22. The van der Waals surface area contributed by atoms with E-state index in [2.05, 4.69) is 5.32 Å². The van der Waals surface area contributed by atoms with Gasteiger partial charge in [0.15, 0.2) is 0 Å². The summed E-state index contributed by atoms with van der Waals surface area (Å²) in [5.74, 6) is -0.231. The SMILES string of the molecule is CCC1CCC(NC=O)B(O)O1.O=CO. The fraction of sp³-hybridized carbons (Fsp3) is 0.750. The molecule has 2 unspecified atom stereocenters. The summed E-state index contributed by atoms with van der Waals surface area (Å²) >= 11 is 0. The fourth-order valence-corrected chi connectivity index (χ4v) is 1.42. The van der Waals surface area contributed by atoms with E-state index in [4.69, 9.17) is 14.6 Å². The van der Waals surface area contributed by atoms with Gasteiger partial charge in [-0.2, -0.15) is 0 Å². The molecule has 1 aliphatic rings. The molecule has 1 aliphatic heterocycles. The first-order valence-corrected chi connectivity index (χ1v) is 4.80. The molecule has 0 aromatic heterocycles. The van der Waals surface area contributed by atoms with Gasteiger partial charge in [0.2, 0.25) is 6.41 Å². The molecule has 1 heterocycles. The van der Waals surface area contributed by atoms with Crippen molar-refractivity contribution in [2.75, 3.05) is 0 Å². The maximum Gasteiger partial charge on any atom is 0.478 e. The highest BCUT2D eigenvalue weighted by Crippen LogP contribution is 2.17. The van der Waals surface area contributed by atoms with E-state index in [9.17, 15) is 9.82 Å². The van der Waals surface area contributed by atoms with Crippen LogP contribution in [0.2, 0.25) is 0 Å². The summed E-state index contributed by atoms with van der Waals surface area (Å²) < 4.78 is 5.23. The predicted octanol–water partition coefficient (Wildman–Crippen LogP) is -0.589. The lowest BCUT2D eigenvalue weighted by Gasteiger charge is -2.29. The quantitative estimate of drug-likeness (QED) is 0.433. The zero-order chi connectivity index (χ0) is 11.7. The van der Waals surface area contributed by atoms with Gasteiger partial charge >= 0.3 is 7.12 Å². The highest BCUT2D eigenvalue weighted by Gasteiger charge is 2.33. The molecule has 86 valence electrons. The van der Waals surface area contributed by atoms with Crippen molar-refractivity contribution >= 4 is 20.0 Å². The van der Waals surface area contributed by atoms with E-state index in [0.717, 1.165) is 19.3 Å². The Morgan fingerprint density at radius 2 is 2.13 bits per heavy atom. The van der Waals surface area contributed by atoms with E-state index >= 15 is 0 Å². The van der Waals surface area contributed by atoms with Gasteiger partial charge in [-0.1, -0.05) is 6.92 Å². The Kier molecular flexibility index (Phi) is 7.66. The van der Waals surface area contributed by atoms with Crippen molar-refractivity contribution < 1.29 is 24.4 Å². The predicted molar refractivity (Wildman–Crippen MR) is 54.1 cm³/mol. The highest BCUT2D eigenvalue weighted by molar-refractivity contribution is 6.45. The molecule has 0 spiro atoms. The van der Waals surface area contributed by atoms with Crippen LogP contribution in [0.3, 0.4) is 0 Å². The minimum Gasteiger partial charge on any atom is -0.483 e. The molecule has 15 heavy (non-hydrogen) atoms. The number of hydrogen-bond donors (Lipinski definition) is 3. The molecular weight excluding hydrogens is 201 g/mol. The number of carboxylic acid groups (broad SMARTS) is 1. The summed E-state index contributed by atoms with van der Waals surface area (Å²) in [6.07, 6.45) is 3.34. The number of amides is 1. The molecule has 7 heteroatoms. The molecular formula is C8H16BNO5. The van der Waals surface area contributed by atoms with E-state index in [1.54, 1.807) is 0 Å². The van der Waals surface area contributed by atoms with Gasteiger partial charge < -0.3 is 20.1 Å². The average molecular weight is 217 g/mol. The summed E-state index contributed by atoms with van der Waals surface area (Å²) in [4.78, 5) is 18.5. The van der Waals surface area contributed by atoms with Gasteiger partial charge in [0.25, 0.3) is 6.47 Å². The van der Waals surface area contributed by atoms with Crippen LogP contribution in [-0.2, 0) is 14.2 Å². The van der Waals surface area contributed by atoms with Crippen LogP contribution in [0.1, 0.15) is 26.2 Å². The lowest BCUT2D eigenvalue weighted by atomic mass is 9.72. The van der Waals surface area contributed by atoms with Crippen molar-refractivity contribution in [1.82, 2.24) is 5.32 Å². The van der Waals surface area contributed by atoms with E-state index in [1.807, 2.05) is 6.92 Å². The van der Waals surface area contributed by atoms with Crippen molar-refractivity contribution in [1.29, 1.82) is 0 Å². The molecule has 1 saturated heterocycles. The molecule has 0 aromatic carbocycles. The van der Waals surface area contributed by atoms with Gasteiger partial charge in [0, 0.05) is 6.10 Å². The molecule has 3 N–H and O–H groups in total. The minimum atomic E-state index is -0.839. The third-order valence-corrected chi connectivity index (χ3v) is 2.21. The molecule has 0 radical (unpaired) electrons. The second kappa shape index (κ2) is 8.25. The van der Waals surface area contributed by atoms with Crippen LogP contribution in [0.15, 0.2) is 0 Å². The summed E-state index contributed by atoms with van der Waals surface area (Å²) in [6, 6.07) is 0. The molecule has 6 nitrogen and oxygen atoms in total. The third-order valence-electron chi connectivity index (χ3n) is 2.21. The highest BCUT2D eigenvalue weighted by atomic mass is 16.5. The van der Waals surface area contributed by atoms with Gasteiger partial charge in [0.05, 0.1) is 5.94 Å². The second-order valence-corrected chi connectivity index (χ2v) is 3.13. The zero-order valence-electron chi connectivity index (χ0n) is 8.63. The van der Waals surface area contributed by atoms with Crippen LogP contribution in [-0.4, -0.2) is 42.2 Å². The minimum absolute atomic E-state index is 0.143. The van der Waals surface area contributed by atoms with Gasteiger partial charge in [-0.05, 0) is 19.3 Å². The summed E-state index contributed by atoms with van der Waals surface area (Å²) in [7, 11) is -0.839. The molecule has 2 atom stereocenters. The maximum absolute atomic E-state index is 10.1. The first-order valence-electron chi connectivity index (χ1n) is 4.80. The second-order valence-electron chi connectivity index (χ2n) is 3.13. The lowest BCUT2D eigenvalue weighted by Crippen LogP contribution is -2.50. The number of carbonyl (C=O) groups is 2. The standard InChI is InChI=1S/C7H14BNO3.CH2O2/c1-2-6-3-4-7(9-5-10)8(11)12-6;2-1-3/h5-7,11H,2-4H2,1H3,(H,9,10);1H,(H,2,3). The molecule has 1 fully saturated rings. The van der Waals surface area contributed by atoms with Gasteiger partial charge in [-0.3, -0.25) is 9.59 Å². The van der Waals surface area contributed by atoms with Crippen LogP contribution in [0, 0.1) is 0 Å². The molecule has 0 aromatic rings. The summed E-state index contributed by atoms with van der Waals surface area (Å²) in [5.41, 5.74) is 0. The van der Waals surface area contributed by atoms with E-state index < -0.39 is 7.12 Å². The molecule has 0 aliphatic carbocycles. The van der Waals surface area contributed by atoms with Crippen LogP contribution in [0.25, 0.3) is 0 Å². The molecule has 1 amide bonds. The normalized spacial score (nSPS) is 24.8. The van der Waals surface area contributed by atoms with Crippen molar-refractivity contribution in [2.24, 2.45) is 0 Å². The van der Waals surface area contributed by atoms with Crippen LogP contribution in [0.4, 0.5) is 0 Å². The number of carbonyl (C=O) groups excluding carboxylic acids is 1. The van der Waals surface area contributed by atoms with Gasteiger partial charge in [0.1, 0.15) is 0 Å². The number of hydrogen-bond acceptors (Lipinski definition) is 4. The first kappa shape index (κ1) is 13.9. The molecule has 1 rings (SSSR count). The number of rotatable bonds is 3. The first-order chi connectivity index (χ1) is 7.19. The lowest BCUT2D eigenvalue weighted by molar-refractivity contribution is -0.122. The van der Waals surface area contributed by atoms with Gasteiger partial charge in [-0.25, -0.2) is 0 Å². The van der Waals surface area contributed by atoms with Crippen LogP contribution < -0.4 is 5.32 Å². The monoisotopic (exact) mass is 217 g/mol. The van der Waals surface area contributed by atoms with Gasteiger partial charge in [-0.15, -0.1) is 0 Å². The summed E-state index contributed by atoms with van der Waals surface area (Å²) in [6.45, 7) is 1.77. The molecule has 0 bridgehead atoms. The van der Waals surface area contributed by atoms with E-state index in [0.29, 0.717) is 6.41 Å². The largest absolute Gasteiger partial charge is 0.483 e. The summed E-state index contributed by atoms with van der Waals surface area (Å²) in [5, 5.41) is 18.8. The number of nitrogens with one attached hydrogen (secondary N) is 1.